The molecule has 0 saturated carbocycles. The predicted octanol–water partition coefficient (Wildman–Crippen LogP) is 2.25. The Hall–Kier alpha value is -1.35. The molecule has 1 amide bonds. The van der Waals surface area contributed by atoms with E-state index in [1.807, 2.05) is 18.2 Å². The van der Waals surface area contributed by atoms with E-state index in [1.165, 1.54) is 19.4 Å². The monoisotopic (exact) mass is 487 g/mol. The maximum Gasteiger partial charge on any atom is 0.251 e. The molecule has 1 aliphatic rings. The number of nitrogens with zero attached hydrogens (tertiary/aromatic N) is 2. The molecule has 0 aliphatic carbocycles. The van der Waals surface area contributed by atoms with Crippen LogP contribution in [0.1, 0.15) is 42.6 Å². The SMILES string of the molecule is CCNC(=NCC1CCCN1CC)NCCc1cccc(C(=O)NC)c1.I. The highest BCUT2D eigenvalue weighted by molar-refractivity contribution is 14.0. The van der Waals surface area contributed by atoms with Crippen molar-refractivity contribution in [1.82, 2.24) is 20.9 Å². The Balaban J connectivity index is 0.00000364. The van der Waals surface area contributed by atoms with E-state index >= 15 is 0 Å². The Morgan fingerprint density at radius 3 is 2.81 bits per heavy atom. The first-order valence-corrected chi connectivity index (χ1v) is 9.75. The number of benzene rings is 1. The number of likely N-dealkylation sites (tertiary alicyclic amines) is 1. The predicted molar refractivity (Wildman–Crippen MR) is 123 cm³/mol. The standard InChI is InChI=1S/C20H33N5O.HI/c1-4-22-20(24-15-18-10-7-13-25(18)5-2)23-12-11-16-8-6-9-17(14-16)19(26)21-3;/h6,8-9,14,18H,4-5,7,10-13,15H2,1-3H3,(H,21,26)(H2,22,23,24);1H. The highest BCUT2D eigenvalue weighted by Gasteiger charge is 2.22. The van der Waals surface area contributed by atoms with Gasteiger partial charge in [-0.05, 0) is 57.0 Å². The van der Waals surface area contributed by atoms with E-state index in [9.17, 15) is 4.79 Å². The Bertz CT molecular complexity index is 608. The molecule has 1 fully saturated rings. The molecule has 27 heavy (non-hydrogen) atoms. The molecule has 152 valence electrons. The van der Waals surface area contributed by atoms with E-state index in [0.717, 1.165) is 44.1 Å². The van der Waals surface area contributed by atoms with Crippen molar-refractivity contribution in [1.29, 1.82) is 0 Å². The Labute approximate surface area is 180 Å². The highest BCUT2D eigenvalue weighted by Crippen LogP contribution is 2.16. The zero-order chi connectivity index (χ0) is 18.8. The Morgan fingerprint density at radius 2 is 2.11 bits per heavy atom. The number of amides is 1. The quantitative estimate of drug-likeness (QED) is 0.299. The fraction of sp³-hybridized carbons (Fsp3) is 0.600. The van der Waals surface area contributed by atoms with Crippen molar-refractivity contribution in [2.45, 2.75) is 39.2 Å². The van der Waals surface area contributed by atoms with E-state index in [1.54, 1.807) is 7.05 Å². The van der Waals surface area contributed by atoms with Crippen LogP contribution >= 0.6 is 24.0 Å². The van der Waals surface area contributed by atoms with Crippen molar-refractivity contribution < 1.29 is 4.79 Å². The summed E-state index contributed by atoms with van der Waals surface area (Å²) in [7, 11) is 1.65. The third kappa shape index (κ3) is 7.65. The van der Waals surface area contributed by atoms with E-state index < -0.39 is 0 Å². The maximum absolute atomic E-state index is 11.7. The first kappa shape index (κ1) is 23.7. The summed E-state index contributed by atoms with van der Waals surface area (Å²) in [5.41, 5.74) is 1.84. The van der Waals surface area contributed by atoms with Gasteiger partial charge in [-0.1, -0.05) is 19.1 Å². The molecule has 0 aromatic heterocycles. The summed E-state index contributed by atoms with van der Waals surface area (Å²) >= 11 is 0. The molecule has 0 bridgehead atoms. The normalized spacial score (nSPS) is 17.3. The van der Waals surface area contributed by atoms with Crippen molar-refractivity contribution in [2.75, 3.05) is 39.8 Å². The Morgan fingerprint density at radius 1 is 1.30 bits per heavy atom. The van der Waals surface area contributed by atoms with Crippen molar-refractivity contribution in [3.05, 3.63) is 35.4 Å². The molecular formula is C20H34IN5O. The fourth-order valence-electron chi connectivity index (χ4n) is 3.39. The van der Waals surface area contributed by atoms with Crippen molar-refractivity contribution in [3.63, 3.8) is 0 Å². The second-order valence-electron chi connectivity index (χ2n) is 6.60. The molecule has 3 N–H and O–H groups in total. The maximum atomic E-state index is 11.7. The molecular weight excluding hydrogens is 453 g/mol. The first-order valence-electron chi connectivity index (χ1n) is 9.75. The minimum atomic E-state index is -0.0493. The lowest BCUT2D eigenvalue weighted by atomic mass is 10.1. The largest absolute Gasteiger partial charge is 0.357 e. The highest BCUT2D eigenvalue weighted by atomic mass is 127. The summed E-state index contributed by atoms with van der Waals surface area (Å²) in [6.07, 6.45) is 3.36. The van der Waals surface area contributed by atoms with Gasteiger partial charge in [0.1, 0.15) is 0 Å². The van der Waals surface area contributed by atoms with E-state index in [-0.39, 0.29) is 29.9 Å². The molecule has 2 rings (SSSR count). The molecule has 7 heteroatoms. The summed E-state index contributed by atoms with van der Waals surface area (Å²) in [5, 5.41) is 9.39. The van der Waals surface area contributed by atoms with Gasteiger partial charge in [0, 0.05) is 31.7 Å². The lowest BCUT2D eigenvalue weighted by Gasteiger charge is -2.21. The van der Waals surface area contributed by atoms with Gasteiger partial charge < -0.3 is 16.0 Å². The average molecular weight is 487 g/mol. The number of hydrogen-bond donors (Lipinski definition) is 3. The molecule has 1 saturated heterocycles. The number of nitrogens with one attached hydrogen (secondary N) is 3. The summed E-state index contributed by atoms with van der Waals surface area (Å²) in [6.45, 7) is 9.07. The van der Waals surface area contributed by atoms with Gasteiger partial charge in [0.15, 0.2) is 5.96 Å². The van der Waals surface area contributed by atoms with Crippen LogP contribution < -0.4 is 16.0 Å². The molecule has 1 aliphatic heterocycles. The zero-order valence-corrected chi connectivity index (χ0v) is 19.1. The summed E-state index contributed by atoms with van der Waals surface area (Å²) < 4.78 is 0. The average Bonchev–Trinajstić information content (AvgIpc) is 3.13. The van der Waals surface area contributed by atoms with Crippen molar-refractivity contribution >= 4 is 35.8 Å². The van der Waals surface area contributed by atoms with E-state index in [4.69, 9.17) is 4.99 Å². The van der Waals surface area contributed by atoms with E-state index in [0.29, 0.717) is 11.6 Å². The number of hydrogen-bond acceptors (Lipinski definition) is 3. The number of carbonyl (C=O) groups excluding carboxylic acids is 1. The molecule has 1 atom stereocenters. The number of aliphatic imine (C=N–C) groups is 1. The van der Waals surface area contributed by atoms with Gasteiger partial charge in [-0.3, -0.25) is 14.7 Å². The van der Waals surface area contributed by atoms with E-state index in [2.05, 4.69) is 40.8 Å². The molecule has 1 heterocycles. The third-order valence-corrected chi connectivity index (χ3v) is 4.83. The summed E-state index contributed by atoms with van der Waals surface area (Å²) in [5.74, 6) is 0.824. The van der Waals surface area contributed by atoms with Crippen LogP contribution in [0, 0.1) is 0 Å². The first-order chi connectivity index (χ1) is 12.7. The number of carbonyl (C=O) groups is 1. The molecule has 1 aromatic carbocycles. The number of halogens is 1. The van der Waals surface area contributed by atoms with Crippen molar-refractivity contribution in [3.8, 4) is 0 Å². The van der Waals surface area contributed by atoms with Gasteiger partial charge in [0.05, 0.1) is 6.54 Å². The molecule has 0 spiro atoms. The number of guanidine groups is 1. The van der Waals surface area contributed by atoms with Crippen LogP contribution in [0.4, 0.5) is 0 Å². The minimum Gasteiger partial charge on any atom is -0.357 e. The summed E-state index contributed by atoms with van der Waals surface area (Å²) in [4.78, 5) is 19.0. The smallest absolute Gasteiger partial charge is 0.251 e. The van der Waals surface area contributed by atoms with Gasteiger partial charge in [0.2, 0.25) is 0 Å². The van der Waals surface area contributed by atoms with Gasteiger partial charge in [-0.2, -0.15) is 0 Å². The van der Waals surface area contributed by atoms with Crippen LogP contribution in [0.25, 0.3) is 0 Å². The van der Waals surface area contributed by atoms with Crippen LogP contribution in [-0.4, -0.2) is 62.6 Å². The number of likely N-dealkylation sites (N-methyl/N-ethyl adjacent to an activating group) is 1. The van der Waals surface area contributed by atoms with Gasteiger partial charge >= 0.3 is 0 Å². The van der Waals surface area contributed by atoms with Crippen LogP contribution in [0.3, 0.4) is 0 Å². The Kier molecular flexibility index (Phi) is 11.3. The van der Waals surface area contributed by atoms with Gasteiger partial charge in [-0.25, -0.2) is 0 Å². The molecule has 1 unspecified atom stereocenters. The third-order valence-electron chi connectivity index (χ3n) is 4.83. The van der Waals surface area contributed by atoms with Crippen molar-refractivity contribution in [2.24, 2.45) is 4.99 Å². The van der Waals surface area contributed by atoms with Gasteiger partial charge in [0.25, 0.3) is 5.91 Å². The zero-order valence-electron chi connectivity index (χ0n) is 16.8. The lowest BCUT2D eigenvalue weighted by molar-refractivity contribution is 0.0963. The topological polar surface area (TPSA) is 68.8 Å². The second-order valence-corrected chi connectivity index (χ2v) is 6.60. The van der Waals surface area contributed by atoms with Crippen LogP contribution in [-0.2, 0) is 6.42 Å². The second kappa shape index (κ2) is 12.9. The summed E-state index contributed by atoms with van der Waals surface area (Å²) in [6, 6.07) is 8.33. The number of rotatable bonds is 8. The van der Waals surface area contributed by atoms with Gasteiger partial charge in [-0.15, -0.1) is 24.0 Å². The minimum absolute atomic E-state index is 0. The molecule has 6 nitrogen and oxygen atoms in total. The molecule has 1 aromatic rings. The van der Waals surface area contributed by atoms with Crippen LogP contribution in [0.5, 0.6) is 0 Å². The van der Waals surface area contributed by atoms with Crippen LogP contribution in [0.2, 0.25) is 0 Å². The fourth-order valence-corrected chi connectivity index (χ4v) is 3.39. The van der Waals surface area contributed by atoms with Crippen LogP contribution in [0.15, 0.2) is 29.3 Å². The molecule has 0 radical (unpaired) electrons. The lowest BCUT2D eigenvalue weighted by Crippen LogP contribution is -2.40.